The Morgan fingerprint density at radius 1 is 1.03 bits per heavy atom. The summed E-state index contributed by atoms with van der Waals surface area (Å²) in [4.78, 5) is 54.5. The number of rotatable bonds is 11. The van der Waals surface area contributed by atoms with Crippen molar-refractivity contribution in [2.75, 3.05) is 20.2 Å². The molecule has 0 spiro atoms. The van der Waals surface area contributed by atoms with E-state index in [9.17, 15) is 19.2 Å². The summed E-state index contributed by atoms with van der Waals surface area (Å²) in [6.07, 6.45) is 3.84. The number of hydrogen-bond acceptors (Lipinski definition) is 6. The number of Topliss-reactive ketones (excluding diaryl/α,β-unsaturated/α-hetero) is 1. The Hall–Kier alpha value is -3.23. The molecule has 10 heteroatoms. The van der Waals surface area contributed by atoms with E-state index >= 15 is 0 Å². The van der Waals surface area contributed by atoms with E-state index in [4.69, 9.17) is 27.9 Å². The molecule has 8 nitrogen and oxygen atoms in total. The fraction of sp³-hybridized carbons (Fsp3) is 0.370. The van der Waals surface area contributed by atoms with Crippen molar-refractivity contribution < 1.29 is 23.9 Å². The van der Waals surface area contributed by atoms with Crippen molar-refractivity contribution in [3.63, 3.8) is 0 Å². The van der Waals surface area contributed by atoms with Crippen LogP contribution >= 0.6 is 23.2 Å². The van der Waals surface area contributed by atoms with E-state index in [-0.39, 0.29) is 46.7 Å². The summed E-state index contributed by atoms with van der Waals surface area (Å²) in [6.45, 7) is 0.639. The summed E-state index contributed by atoms with van der Waals surface area (Å²) < 4.78 is 4.75. The van der Waals surface area contributed by atoms with Gasteiger partial charge in [-0.25, -0.2) is 4.79 Å². The van der Waals surface area contributed by atoms with Crippen molar-refractivity contribution in [3.8, 4) is 0 Å². The molecule has 196 valence electrons. The second-order valence-electron chi connectivity index (χ2n) is 8.69. The maximum Gasteiger partial charge on any atom is 0.328 e. The molecule has 1 atom stereocenters. The van der Waals surface area contributed by atoms with E-state index in [0.29, 0.717) is 12.0 Å². The van der Waals surface area contributed by atoms with Gasteiger partial charge in [0, 0.05) is 30.7 Å². The van der Waals surface area contributed by atoms with Crippen molar-refractivity contribution in [2.45, 2.75) is 44.6 Å². The first kappa shape index (κ1) is 28.3. The molecule has 1 heterocycles. The molecular weight excluding hydrogens is 517 g/mol. The molecule has 0 aromatic heterocycles. The van der Waals surface area contributed by atoms with Gasteiger partial charge < -0.3 is 15.4 Å². The van der Waals surface area contributed by atoms with E-state index < -0.39 is 17.9 Å². The Balaban J connectivity index is 1.52. The number of carbonyl (C=O) groups is 4. The first-order chi connectivity index (χ1) is 17.8. The van der Waals surface area contributed by atoms with Gasteiger partial charge in [-0.1, -0.05) is 41.4 Å². The topological polar surface area (TPSA) is 114 Å². The Morgan fingerprint density at radius 3 is 2.43 bits per heavy atom. The number of ether oxygens (including phenoxy) is 1. The summed E-state index contributed by atoms with van der Waals surface area (Å²) >= 11 is 12.1. The minimum absolute atomic E-state index is 0.0210. The first-order valence-electron chi connectivity index (χ1n) is 12.0. The van der Waals surface area contributed by atoms with Crippen LogP contribution in [-0.2, 0) is 20.7 Å². The maximum atomic E-state index is 12.6. The van der Waals surface area contributed by atoms with Crippen molar-refractivity contribution in [1.82, 2.24) is 10.6 Å². The average molecular weight is 546 g/mol. The van der Waals surface area contributed by atoms with Gasteiger partial charge in [0.2, 0.25) is 0 Å². The lowest BCUT2D eigenvalue weighted by Crippen LogP contribution is -2.42. The van der Waals surface area contributed by atoms with Gasteiger partial charge in [-0.2, -0.15) is 0 Å². The monoisotopic (exact) mass is 545 g/mol. The van der Waals surface area contributed by atoms with Crippen LogP contribution in [0.4, 0.5) is 0 Å². The average Bonchev–Trinajstić information content (AvgIpc) is 2.89. The molecule has 1 aliphatic heterocycles. The quantitative estimate of drug-likeness (QED) is 0.410. The molecule has 0 unspecified atom stereocenters. The molecule has 2 aromatic rings. The summed E-state index contributed by atoms with van der Waals surface area (Å²) in [7, 11) is 1.18. The van der Waals surface area contributed by atoms with Crippen molar-refractivity contribution >= 4 is 52.5 Å². The van der Waals surface area contributed by atoms with Gasteiger partial charge in [0.15, 0.2) is 5.78 Å². The van der Waals surface area contributed by atoms with Crippen LogP contribution in [0.3, 0.4) is 0 Å². The number of amides is 2. The number of esters is 1. The van der Waals surface area contributed by atoms with Crippen LogP contribution in [0.2, 0.25) is 10.0 Å². The standard InChI is InChI=1S/C27H29Cl2N3O5/c1-37-27(36)23(32-26(35)24-21(28)9-5-10-22(24)29)12-11-20(33)16-31-25(34)18-7-4-6-17(14-18)15-19-8-2-3-13-30-19/h4-7,9-10,14,23H,2-3,8,11-13,15-16H2,1H3,(H,31,34)(H,32,35)/t23-/m0/s1. The zero-order chi connectivity index (χ0) is 26.8. The highest BCUT2D eigenvalue weighted by molar-refractivity contribution is 6.39. The molecule has 1 aliphatic rings. The number of benzene rings is 2. The predicted molar refractivity (Wildman–Crippen MR) is 143 cm³/mol. The van der Waals surface area contributed by atoms with Gasteiger partial charge in [0.1, 0.15) is 6.04 Å². The Bertz CT molecular complexity index is 1180. The SMILES string of the molecule is COC(=O)[C@H](CCC(=O)CNC(=O)c1cccc(CC2=NCCCC2)c1)NC(=O)c1c(Cl)cccc1Cl. The first-order valence-corrected chi connectivity index (χ1v) is 12.8. The molecule has 3 rings (SSSR count). The zero-order valence-electron chi connectivity index (χ0n) is 20.5. The lowest BCUT2D eigenvalue weighted by atomic mass is 10.00. The third kappa shape index (κ3) is 8.40. The van der Waals surface area contributed by atoms with Crippen LogP contribution in [0.25, 0.3) is 0 Å². The number of aliphatic imine (C=N–C) groups is 1. The van der Waals surface area contributed by atoms with E-state index in [1.807, 2.05) is 12.1 Å². The van der Waals surface area contributed by atoms with Crippen LogP contribution in [-0.4, -0.2) is 55.5 Å². The van der Waals surface area contributed by atoms with Gasteiger partial charge in [0.25, 0.3) is 11.8 Å². The van der Waals surface area contributed by atoms with Gasteiger partial charge in [0.05, 0.1) is 29.3 Å². The lowest BCUT2D eigenvalue weighted by Gasteiger charge is -2.17. The van der Waals surface area contributed by atoms with Crippen LogP contribution in [0.15, 0.2) is 47.5 Å². The maximum absolute atomic E-state index is 12.6. The van der Waals surface area contributed by atoms with E-state index in [1.54, 1.807) is 18.2 Å². The van der Waals surface area contributed by atoms with Gasteiger partial charge in [-0.05, 0) is 55.5 Å². The summed E-state index contributed by atoms with van der Waals surface area (Å²) in [5.74, 6) is -2.05. The Labute approximate surface area is 225 Å². The third-order valence-corrected chi connectivity index (χ3v) is 6.57. The fourth-order valence-electron chi connectivity index (χ4n) is 3.97. The highest BCUT2D eigenvalue weighted by atomic mass is 35.5. The number of halogens is 2. The molecular formula is C27H29Cl2N3O5. The molecule has 2 N–H and O–H groups in total. The molecule has 37 heavy (non-hydrogen) atoms. The summed E-state index contributed by atoms with van der Waals surface area (Å²) in [6, 6.07) is 10.8. The highest BCUT2D eigenvalue weighted by Gasteiger charge is 2.25. The Morgan fingerprint density at radius 2 is 1.76 bits per heavy atom. The number of carbonyl (C=O) groups excluding carboxylic acids is 4. The molecule has 0 saturated carbocycles. The minimum Gasteiger partial charge on any atom is -0.467 e. The molecule has 0 saturated heterocycles. The predicted octanol–water partition coefficient (Wildman–Crippen LogP) is 4.21. The molecule has 2 aromatic carbocycles. The Kier molecular flexibility index (Phi) is 10.7. The van der Waals surface area contributed by atoms with Crippen molar-refractivity contribution in [2.24, 2.45) is 4.99 Å². The van der Waals surface area contributed by atoms with Crippen LogP contribution in [0.1, 0.15) is 58.4 Å². The third-order valence-electron chi connectivity index (χ3n) is 5.95. The van der Waals surface area contributed by atoms with Gasteiger partial charge in [-0.3, -0.25) is 19.4 Å². The second kappa shape index (κ2) is 13.9. The number of nitrogens with one attached hydrogen (secondary N) is 2. The fourth-order valence-corrected chi connectivity index (χ4v) is 4.54. The summed E-state index contributed by atoms with van der Waals surface area (Å²) in [5.41, 5.74) is 2.62. The number of methoxy groups -OCH3 is 1. The molecule has 2 amide bonds. The van der Waals surface area contributed by atoms with E-state index in [2.05, 4.69) is 15.6 Å². The highest BCUT2D eigenvalue weighted by Crippen LogP contribution is 2.24. The van der Waals surface area contributed by atoms with Gasteiger partial charge in [-0.15, -0.1) is 0 Å². The van der Waals surface area contributed by atoms with Gasteiger partial charge >= 0.3 is 5.97 Å². The summed E-state index contributed by atoms with van der Waals surface area (Å²) in [5, 5.41) is 5.40. The molecule has 0 radical (unpaired) electrons. The minimum atomic E-state index is -1.09. The largest absolute Gasteiger partial charge is 0.467 e. The molecule has 0 aliphatic carbocycles. The van der Waals surface area contributed by atoms with E-state index in [0.717, 1.165) is 37.1 Å². The second-order valence-corrected chi connectivity index (χ2v) is 9.50. The molecule has 0 fully saturated rings. The van der Waals surface area contributed by atoms with Crippen molar-refractivity contribution in [1.29, 1.82) is 0 Å². The van der Waals surface area contributed by atoms with Crippen molar-refractivity contribution in [3.05, 3.63) is 69.2 Å². The van der Waals surface area contributed by atoms with E-state index in [1.165, 1.54) is 19.2 Å². The smallest absolute Gasteiger partial charge is 0.328 e. The zero-order valence-corrected chi connectivity index (χ0v) is 22.0. The number of ketones is 1. The molecule has 0 bridgehead atoms. The van der Waals surface area contributed by atoms with Crippen LogP contribution in [0.5, 0.6) is 0 Å². The number of hydrogen-bond donors (Lipinski definition) is 2. The normalized spacial score (nSPS) is 13.8. The number of nitrogens with zero attached hydrogens (tertiary/aromatic N) is 1. The van der Waals surface area contributed by atoms with Crippen LogP contribution < -0.4 is 10.6 Å². The van der Waals surface area contributed by atoms with Crippen LogP contribution in [0, 0.1) is 0 Å². The lowest BCUT2D eigenvalue weighted by molar-refractivity contribution is -0.143.